The molecule has 0 radical (unpaired) electrons. The fourth-order valence-electron chi connectivity index (χ4n) is 1.27. The second-order valence-corrected chi connectivity index (χ2v) is 4.43. The van der Waals surface area contributed by atoms with E-state index in [1.165, 1.54) is 0 Å². The fourth-order valence-corrected chi connectivity index (χ4v) is 1.99. The van der Waals surface area contributed by atoms with E-state index in [-0.39, 0.29) is 12.6 Å². The van der Waals surface area contributed by atoms with Crippen molar-refractivity contribution in [3.63, 3.8) is 0 Å². The van der Waals surface area contributed by atoms with Crippen molar-refractivity contribution < 1.29 is 5.11 Å². The summed E-state index contributed by atoms with van der Waals surface area (Å²) in [6.45, 7) is 0.173. The summed E-state index contributed by atoms with van der Waals surface area (Å²) in [4.78, 5) is 0. The summed E-state index contributed by atoms with van der Waals surface area (Å²) in [5, 5.41) is 9.38. The second-order valence-electron chi connectivity index (χ2n) is 3.14. The Kier molecular flexibility index (Phi) is 4.89. The van der Waals surface area contributed by atoms with Crippen LogP contribution in [0.15, 0.2) is 22.7 Å². The Hall–Kier alpha value is -0.0900. The first-order valence-electron chi connectivity index (χ1n) is 4.46. The summed E-state index contributed by atoms with van der Waals surface area (Å²) in [7, 11) is 0. The van der Waals surface area contributed by atoms with E-state index in [1.54, 1.807) is 0 Å². The third-order valence-corrected chi connectivity index (χ3v) is 2.99. The van der Waals surface area contributed by atoms with Crippen molar-refractivity contribution >= 4 is 27.5 Å². The van der Waals surface area contributed by atoms with Crippen LogP contribution in [-0.2, 0) is 0 Å². The normalized spacial score (nSPS) is 12.9. The van der Waals surface area contributed by atoms with Crippen LogP contribution in [-0.4, -0.2) is 11.7 Å². The topological polar surface area (TPSA) is 46.2 Å². The zero-order valence-corrected chi connectivity index (χ0v) is 10.1. The fraction of sp³-hybridized carbons (Fsp3) is 0.400. The first-order valence-corrected chi connectivity index (χ1v) is 5.63. The van der Waals surface area contributed by atoms with E-state index in [9.17, 15) is 0 Å². The molecule has 1 aromatic carbocycles. The molecule has 0 saturated heterocycles. The molecule has 1 aromatic rings. The van der Waals surface area contributed by atoms with Crippen LogP contribution in [0.25, 0.3) is 0 Å². The van der Waals surface area contributed by atoms with Gasteiger partial charge in [0.05, 0.1) is 0 Å². The van der Waals surface area contributed by atoms with Crippen molar-refractivity contribution in [1.82, 2.24) is 0 Å². The molecule has 0 fully saturated rings. The molecule has 0 spiro atoms. The maximum absolute atomic E-state index is 8.69. The van der Waals surface area contributed by atoms with Gasteiger partial charge in [-0.2, -0.15) is 0 Å². The van der Waals surface area contributed by atoms with E-state index in [0.29, 0.717) is 11.4 Å². The highest BCUT2D eigenvalue weighted by Crippen LogP contribution is 2.27. The number of aliphatic hydroxyl groups is 1. The van der Waals surface area contributed by atoms with Gasteiger partial charge in [0.2, 0.25) is 0 Å². The number of nitrogens with two attached hydrogens (primary N) is 1. The first kappa shape index (κ1) is 12.0. The molecule has 78 valence electrons. The number of halogens is 2. The van der Waals surface area contributed by atoms with E-state index in [2.05, 4.69) is 15.9 Å². The van der Waals surface area contributed by atoms with E-state index in [4.69, 9.17) is 22.4 Å². The number of hydrogen-bond donors (Lipinski definition) is 2. The highest BCUT2D eigenvalue weighted by Gasteiger charge is 2.09. The molecule has 3 N–H and O–H groups in total. The van der Waals surface area contributed by atoms with Gasteiger partial charge >= 0.3 is 0 Å². The van der Waals surface area contributed by atoms with Gasteiger partial charge in [-0.05, 0) is 36.6 Å². The van der Waals surface area contributed by atoms with Crippen molar-refractivity contribution in [2.75, 3.05) is 6.61 Å². The van der Waals surface area contributed by atoms with Crippen LogP contribution >= 0.6 is 27.5 Å². The summed E-state index contributed by atoms with van der Waals surface area (Å²) in [5.41, 5.74) is 6.94. The maximum atomic E-state index is 8.69. The average molecular weight is 279 g/mol. The van der Waals surface area contributed by atoms with Crippen molar-refractivity contribution in [3.05, 3.63) is 33.3 Å². The van der Waals surface area contributed by atoms with Crippen LogP contribution in [0.1, 0.15) is 24.4 Å². The van der Waals surface area contributed by atoms with E-state index in [0.717, 1.165) is 16.5 Å². The molecule has 2 nitrogen and oxygen atoms in total. The lowest BCUT2D eigenvalue weighted by Crippen LogP contribution is -2.11. The largest absolute Gasteiger partial charge is 0.396 e. The van der Waals surface area contributed by atoms with Crippen LogP contribution < -0.4 is 5.73 Å². The van der Waals surface area contributed by atoms with Crippen molar-refractivity contribution in [2.45, 2.75) is 18.9 Å². The molecule has 0 saturated carbocycles. The molecule has 0 aliphatic carbocycles. The van der Waals surface area contributed by atoms with Gasteiger partial charge in [0, 0.05) is 22.1 Å². The average Bonchev–Trinajstić information content (AvgIpc) is 2.18. The van der Waals surface area contributed by atoms with Gasteiger partial charge in [0.25, 0.3) is 0 Å². The lowest BCUT2D eigenvalue weighted by molar-refractivity contribution is 0.280. The molecule has 4 heteroatoms. The highest BCUT2D eigenvalue weighted by atomic mass is 79.9. The van der Waals surface area contributed by atoms with Crippen LogP contribution in [0.2, 0.25) is 5.02 Å². The molecular weight excluding hydrogens is 265 g/mol. The van der Waals surface area contributed by atoms with E-state index < -0.39 is 0 Å². The van der Waals surface area contributed by atoms with Crippen molar-refractivity contribution in [2.24, 2.45) is 5.73 Å². The zero-order chi connectivity index (χ0) is 10.6. The Morgan fingerprint density at radius 2 is 2.21 bits per heavy atom. The monoisotopic (exact) mass is 277 g/mol. The molecule has 0 amide bonds. The number of aliphatic hydroxyl groups excluding tert-OH is 1. The maximum Gasteiger partial charge on any atom is 0.0431 e. The molecule has 0 heterocycles. The van der Waals surface area contributed by atoms with Gasteiger partial charge in [0.15, 0.2) is 0 Å². The third-order valence-electron chi connectivity index (χ3n) is 2.03. The molecular formula is C10H13BrClNO. The lowest BCUT2D eigenvalue weighted by atomic mass is 10.0. The smallest absolute Gasteiger partial charge is 0.0431 e. The molecule has 0 unspecified atom stereocenters. The minimum absolute atomic E-state index is 0.0739. The standard InChI is InChI=1S/C10H13BrClNO/c11-9-4-3-7(12)6-8(9)10(13)2-1-5-14/h3-4,6,10,14H,1-2,5,13H2/t10-/m1/s1. The second kappa shape index (κ2) is 5.71. The van der Waals surface area contributed by atoms with Crippen LogP contribution in [0.5, 0.6) is 0 Å². The summed E-state index contributed by atoms with van der Waals surface area (Å²) >= 11 is 9.29. The Morgan fingerprint density at radius 3 is 2.86 bits per heavy atom. The lowest BCUT2D eigenvalue weighted by Gasteiger charge is -2.13. The number of benzene rings is 1. The summed E-state index contributed by atoms with van der Waals surface area (Å²) in [5.74, 6) is 0. The quantitative estimate of drug-likeness (QED) is 0.889. The van der Waals surface area contributed by atoms with Gasteiger partial charge in [-0.3, -0.25) is 0 Å². The van der Waals surface area contributed by atoms with Crippen LogP contribution in [0, 0.1) is 0 Å². The Bertz CT molecular complexity index is 306. The van der Waals surface area contributed by atoms with Crippen LogP contribution in [0.4, 0.5) is 0 Å². The van der Waals surface area contributed by atoms with Crippen molar-refractivity contribution in [3.8, 4) is 0 Å². The summed E-state index contributed by atoms with van der Waals surface area (Å²) in [6.07, 6.45) is 1.47. The summed E-state index contributed by atoms with van der Waals surface area (Å²) in [6, 6.07) is 5.48. The van der Waals surface area contributed by atoms with Crippen LogP contribution in [0.3, 0.4) is 0 Å². The van der Waals surface area contributed by atoms with Gasteiger partial charge in [-0.15, -0.1) is 0 Å². The summed E-state index contributed by atoms with van der Waals surface area (Å²) < 4.78 is 0.965. The predicted octanol–water partition coefficient (Wildman–Crippen LogP) is 2.87. The van der Waals surface area contributed by atoms with Gasteiger partial charge in [-0.25, -0.2) is 0 Å². The molecule has 1 atom stereocenters. The third kappa shape index (κ3) is 3.24. The Balaban J connectivity index is 2.77. The predicted molar refractivity (Wildman–Crippen MR) is 62.4 cm³/mol. The van der Waals surface area contributed by atoms with Gasteiger partial charge < -0.3 is 10.8 Å². The molecule has 14 heavy (non-hydrogen) atoms. The minimum atomic E-state index is -0.0739. The van der Waals surface area contributed by atoms with Gasteiger partial charge in [-0.1, -0.05) is 27.5 Å². The van der Waals surface area contributed by atoms with Gasteiger partial charge in [0.1, 0.15) is 0 Å². The molecule has 1 rings (SSSR count). The number of hydrogen-bond acceptors (Lipinski definition) is 2. The SMILES string of the molecule is N[C@H](CCCO)c1cc(Cl)ccc1Br. The molecule has 0 aliphatic rings. The van der Waals surface area contributed by atoms with E-state index >= 15 is 0 Å². The highest BCUT2D eigenvalue weighted by molar-refractivity contribution is 9.10. The zero-order valence-electron chi connectivity index (χ0n) is 7.71. The molecule has 0 aliphatic heterocycles. The van der Waals surface area contributed by atoms with Crippen molar-refractivity contribution in [1.29, 1.82) is 0 Å². The molecule has 0 aromatic heterocycles. The van der Waals surface area contributed by atoms with E-state index in [1.807, 2.05) is 18.2 Å². The Labute approximate surface area is 97.2 Å². The minimum Gasteiger partial charge on any atom is -0.396 e. The number of rotatable bonds is 4. The first-order chi connectivity index (χ1) is 6.65. The molecule has 0 bridgehead atoms. The Morgan fingerprint density at radius 1 is 1.50 bits per heavy atom.